The maximum atomic E-state index is 11.9. The predicted molar refractivity (Wildman–Crippen MR) is 89.5 cm³/mol. The average Bonchev–Trinajstić information content (AvgIpc) is 2.94. The number of carbonyl (C=O) groups excluding carboxylic acids is 1. The number of hydrogen-bond acceptors (Lipinski definition) is 4. The molecule has 0 aliphatic rings. The van der Waals surface area contributed by atoms with Gasteiger partial charge in [-0.1, -0.05) is 43.7 Å². The van der Waals surface area contributed by atoms with Crippen LogP contribution in [-0.2, 0) is 16.0 Å². The highest BCUT2D eigenvalue weighted by atomic mass is 16.4. The van der Waals surface area contributed by atoms with Crippen LogP contribution in [0.3, 0.4) is 0 Å². The Morgan fingerprint density at radius 2 is 2.00 bits per heavy atom. The van der Waals surface area contributed by atoms with E-state index in [4.69, 9.17) is 9.52 Å². The van der Waals surface area contributed by atoms with Gasteiger partial charge in [-0.25, -0.2) is 9.78 Å². The summed E-state index contributed by atoms with van der Waals surface area (Å²) in [5, 5.41) is 11.6. The van der Waals surface area contributed by atoms with Crippen LogP contribution in [0.5, 0.6) is 0 Å². The normalized spacial score (nSPS) is 11.9. The Balaban J connectivity index is 1.95. The Morgan fingerprint density at radius 1 is 1.29 bits per heavy atom. The minimum absolute atomic E-state index is 0.141. The van der Waals surface area contributed by atoms with Crippen LogP contribution >= 0.6 is 0 Å². The number of oxazole rings is 1. The summed E-state index contributed by atoms with van der Waals surface area (Å²) in [5.41, 5.74) is 1.71. The number of hydrogen-bond donors (Lipinski definition) is 2. The van der Waals surface area contributed by atoms with E-state index in [-0.39, 0.29) is 12.3 Å². The van der Waals surface area contributed by atoms with Crippen molar-refractivity contribution < 1.29 is 19.1 Å². The van der Waals surface area contributed by atoms with Crippen molar-refractivity contribution in [2.24, 2.45) is 0 Å². The fraction of sp³-hybridized carbons (Fsp3) is 0.389. The van der Waals surface area contributed by atoms with E-state index < -0.39 is 12.0 Å². The minimum atomic E-state index is -1.01. The summed E-state index contributed by atoms with van der Waals surface area (Å²) in [5.74, 6) is -0.152. The number of aryl methyl sites for hydroxylation is 2. The van der Waals surface area contributed by atoms with Crippen LogP contribution in [0.1, 0.15) is 37.8 Å². The van der Waals surface area contributed by atoms with Gasteiger partial charge in [0.2, 0.25) is 5.91 Å². The molecule has 0 spiro atoms. The van der Waals surface area contributed by atoms with Gasteiger partial charge in [0.15, 0.2) is 11.7 Å². The third-order valence-electron chi connectivity index (χ3n) is 3.65. The van der Waals surface area contributed by atoms with Crippen LogP contribution in [0, 0.1) is 6.92 Å². The molecule has 0 aliphatic carbocycles. The topological polar surface area (TPSA) is 92.4 Å². The first-order chi connectivity index (χ1) is 11.5. The van der Waals surface area contributed by atoms with Crippen LogP contribution in [0.2, 0.25) is 0 Å². The number of aliphatic carboxylic acids is 1. The molecule has 2 aromatic rings. The molecule has 1 unspecified atom stereocenters. The number of carboxylic acid groups (broad SMARTS) is 1. The van der Waals surface area contributed by atoms with Gasteiger partial charge in [-0.05, 0) is 13.3 Å². The standard InChI is InChI=1S/C18H22N2O4/c1-3-7-14(18(22)23)20-15(21)10-11-16-19-12(2)17(24-16)13-8-5-4-6-9-13/h4-6,8-9,14H,3,7,10-11H2,1-2H3,(H,20,21)(H,22,23). The van der Waals surface area contributed by atoms with Crippen LogP contribution in [-0.4, -0.2) is 28.0 Å². The Morgan fingerprint density at radius 3 is 2.62 bits per heavy atom. The maximum absolute atomic E-state index is 11.9. The number of nitrogens with one attached hydrogen (secondary N) is 1. The Labute approximate surface area is 140 Å². The fourth-order valence-electron chi connectivity index (χ4n) is 2.45. The van der Waals surface area contributed by atoms with Gasteiger partial charge >= 0.3 is 5.97 Å². The van der Waals surface area contributed by atoms with Crippen LogP contribution < -0.4 is 5.32 Å². The van der Waals surface area contributed by atoms with Crippen molar-refractivity contribution in [3.8, 4) is 11.3 Å². The zero-order chi connectivity index (χ0) is 17.5. The highest BCUT2D eigenvalue weighted by Gasteiger charge is 2.19. The van der Waals surface area contributed by atoms with Gasteiger partial charge in [-0.3, -0.25) is 4.79 Å². The highest BCUT2D eigenvalue weighted by molar-refractivity contribution is 5.83. The van der Waals surface area contributed by atoms with Crippen LogP contribution in [0.25, 0.3) is 11.3 Å². The molecule has 128 valence electrons. The van der Waals surface area contributed by atoms with E-state index >= 15 is 0 Å². The molecule has 0 bridgehead atoms. The molecule has 6 heteroatoms. The Kier molecular flexibility index (Phi) is 6.12. The molecule has 6 nitrogen and oxygen atoms in total. The first-order valence-corrected chi connectivity index (χ1v) is 8.05. The smallest absolute Gasteiger partial charge is 0.326 e. The van der Waals surface area contributed by atoms with Crippen molar-refractivity contribution >= 4 is 11.9 Å². The zero-order valence-corrected chi connectivity index (χ0v) is 13.9. The summed E-state index contributed by atoms with van der Waals surface area (Å²) >= 11 is 0. The van der Waals surface area contributed by atoms with Crippen molar-refractivity contribution in [2.75, 3.05) is 0 Å². The van der Waals surface area contributed by atoms with Gasteiger partial charge in [0, 0.05) is 18.4 Å². The Bertz CT molecular complexity index is 694. The van der Waals surface area contributed by atoms with Crippen molar-refractivity contribution in [3.05, 3.63) is 41.9 Å². The van der Waals surface area contributed by atoms with Crippen LogP contribution in [0.4, 0.5) is 0 Å². The van der Waals surface area contributed by atoms with E-state index in [0.717, 1.165) is 11.3 Å². The molecule has 0 fully saturated rings. The lowest BCUT2D eigenvalue weighted by Crippen LogP contribution is -2.40. The van der Waals surface area contributed by atoms with E-state index in [9.17, 15) is 9.59 Å². The molecule has 2 N–H and O–H groups in total. The highest BCUT2D eigenvalue weighted by Crippen LogP contribution is 2.24. The number of aromatic nitrogens is 1. The lowest BCUT2D eigenvalue weighted by atomic mass is 10.1. The molecule has 1 amide bonds. The molecule has 0 saturated carbocycles. The fourth-order valence-corrected chi connectivity index (χ4v) is 2.45. The summed E-state index contributed by atoms with van der Waals surface area (Å²) in [6, 6.07) is 8.80. The van der Waals surface area contributed by atoms with Gasteiger partial charge < -0.3 is 14.8 Å². The van der Waals surface area contributed by atoms with E-state index in [1.54, 1.807) is 0 Å². The number of rotatable bonds is 8. The van der Waals surface area contributed by atoms with Crippen molar-refractivity contribution in [1.82, 2.24) is 10.3 Å². The third-order valence-corrected chi connectivity index (χ3v) is 3.65. The van der Waals surface area contributed by atoms with Crippen LogP contribution in [0.15, 0.2) is 34.7 Å². The van der Waals surface area contributed by atoms with E-state index in [2.05, 4.69) is 10.3 Å². The third kappa shape index (κ3) is 4.68. The minimum Gasteiger partial charge on any atom is -0.480 e. The number of nitrogens with zero attached hydrogens (tertiary/aromatic N) is 1. The van der Waals surface area contributed by atoms with Crippen molar-refractivity contribution in [2.45, 2.75) is 45.6 Å². The molecular weight excluding hydrogens is 308 g/mol. The summed E-state index contributed by atoms with van der Waals surface area (Å²) in [7, 11) is 0. The zero-order valence-electron chi connectivity index (χ0n) is 13.9. The number of carboxylic acids is 1. The molecule has 0 aliphatic heterocycles. The van der Waals surface area contributed by atoms with Gasteiger partial charge in [0.1, 0.15) is 6.04 Å². The van der Waals surface area contributed by atoms with Crippen molar-refractivity contribution in [1.29, 1.82) is 0 Å². The molecule has 2 rings (SSSR count). The maximum Gasteiger partial charge on any atom is 0.326 e. The second kappa shape index (κ2) is 8.29. The summed E-state index contributed by atoms with van der Waals surface area (Å²) in [6.45, 7) is 3.74. The second-order valence-electron chi connectivity index (χ2n) is 5.64. The van der Waals surface area contributed by atoms with E-state index in [1.807, 2.05) is 44.2 Å². The number of benzene rings is 1. The quantitative estimate of drug-likeness (QED) is 0.776. The van der Waals surface area contributed by atoms with Gasteiger partial charge in [0.25, 0.3) is 0 Å². The number of amides is 1. The van der Waals surface area contributed by atoms with Gasteiger partial charge in [-0.2, -0.15) is 0 Å². The summed E-state index contributed by atoms with van der Waals surface area (Å²) < 4.78 is 5.74. The van der Waals surface area contributed by atoms with Crippen molar-refractivity contribution in [3.63, 3.8) is 0 Å². The van der Waals surface area contributed by atoms with Gasteiger partial charge in [-0.15, -0.1) is 0 Å². The molecule has 24 heavy (non-hydrogen) atoms. The average molecular weight is 330 g/mol. The molecular formula is C18H22N2O4. The first-order valence-electron chi connectivity index (χ1n) is 8.05. The second-order valence-corrected chi connectivity index (χ2v) is 5.64. The molecule has 1 atom stereocenters. The number of carbonyl (C=O) groups is 2. The predicted octanol–water partition coefficient (Wildman–Crippen LogP) is 2.95. The molecule has 1 aromatic heterocycles. The summed E-state index contributed by atoms with van der Waals surface area (Å²) in [6.07, 6.45) is 1.58. The lowest BCUT2D eigenvalue weighted by Gasteiger charge is -2.12. The lowest BCUT2D eigenvalue weighted by molar-refractivity contribution is -0.142. The molecule has 0 radical (unpaired) electrons. The van der Waals surface area contributed by atoms with E-state index in [1.165, 1.54) is 0 Å². The first kappa shape index (κ1) is 17.7. The monoisotopic (exact) mass is 330 g/mol. The Hall–Kier alpha value is -2.63. The molecule has 0 saturated heterocycles. The molecule has 1 aromatic carbocycles. The summed E-state index contributed by atoms with van der Waals surface area (Å²) in [4.78, 5) is 27.3. The van der Waals surface area contributed by atoms with Gasteiger partial charge in [0.05, 0.1) is 5.69 Å². The largest absolute Gasteiger partial charge is 0.480 e. The van der Waals surface area contributed by atoms with E-state index in [0.29, 0.717) is 30.9 Å². The molecule has 1 heterocycles. The SMILES string of the molecule is CCCC(NC(=O)CCc1nc(C)c(-c2ccccc2)o1)C(=O)O.